The lowest BCUT2D eigenvalue weighted by Crippen LogP contribution is -2.65. The minimum absolute atomic E-state index is 0.286. The highest BCUT2D eigenvalue weighted by molar-refractivity contribution is 4.95. The number of hydrogen-bond donors (Lipinski definition) is 10. The molecule has 3 rings (SSSR count). The summed E-state index contributed by atoms with van der Waals surface area (Å²) in [6.07, 6.45) is -19.0. The Labute approximate surface area is 187 Å². The third kappa shape index (κ3) is 5.32. The van der Waals surface area contributed by atoms with E-state index in [2.05, 4.69) is 0 Å². The Hall–Kier alpha value is -0.600. The van der Waals surface area contributed by atoms with Crippen molar-refractivity contribution in [1.29, 1.82) is 0 Å². The molecule has 0 saturated carbocycles. The SMILES string of the molecule is OCC1O[C@H](O[C@@H]2C(CO)O[C@H](O[C@@]3(CO)CC(O)[C@H](CO)O3)C(O)C2O)C(O)C(O)[C@@H]1O. The molecule has 0 aromatic heterocycles. The summed E-state index contributed by atoms with van der Waals surface area (Å²) < 4.78 is 27.0. The average Bonchev–Trinajstić information content (AvgIpc) is 3.14. The lowest BCUT2D eigenvalue weighted by molar-refractivity contribution is -0.390. The largest absolute Gasteiger partial charge is 0.394 e. The Morgan fingerprint density at radius 2 is 1.24 bits per heavy atom. The number of rotatable bonds is 8. The quantitative estimate of drug-likeness (QED) is 0.152. The number of hydrogen-bond acceptors (Lipinski definition) is 15. The summed E-state index contributed by atoms with van der Waals surface area (Å²) in [5, 5.41) is 99.0. The van der Waals surface area contributed by atoms with Gasteiger partial charge in [-0.1, -0.05) is 0 Å². The number of aliphatic hydroxyl groups is 10. The lowest BCUT2D eigenvalue weighted by Gasteiger charge is -2.47. The second-order valence-corrected chi connectivity index (χ2v) is 8.30. The van der Waals surface area contributed by atoms with Crippen LogP contribution in [0.5, 0.6) is 0 Å². The molecule has 0 amide bonds. The van der Waals surface area contributed by atoms with Crippen molar-refractivity contribution in [2.24, 2.45) is 0 Å². The summed E-state index contributed by atoms with van der Waals surface area (Å²) in [7, 11) is 0. The first kappa shape index (κ1) is 27.0. The average molecular weight is 488 g/mol. The van der Waals surface area contributed by atoms with Crippen molar-refractivity contribution in [3.8, 4) is 0 Å². The van der Waals surface area contributed by atoms with E-state index in [9.17, 15) is 51.1 Å². The summed E-state index contributed by atoms with van der Waals surface area (Å²) in [5.74, 6) is -1.87. The molecule has 0 bridgehead atoms. The highest BCUT2D eigenvalue weighted by Gasteiger charge is 2.54. The molecular weight excluding hydrogens is 456 g/mol. The molecule has 194 valence electrons. The van der Waals surface area contributed by atoms with Crippen molar-refractivity contribution in [1.82, 2.24) is 0 Å². The molecule has 13 atom stereocenters. The molecule has 15 nitrogen and oxygen atoms in total. The van der Waals surface area contributed by atoms with Gasteiger partial charge in [0.05, 0.1) is 32.5 Å². The summed E-state index contributed by atoms with van der Waals surface area (Å²) in [5.41, 5.74) is 0. The van der Waals surface area contributed by atoms with Crippen LogP contribution in [0.4, 0.5) is 0 Å². The van der Waals surface area contributed by atoms with E-state index in [1.807, 2.05) is 0 Å². The van der Waals surface area contributed by atoms with Crippen LogP contribution in [0.2, 0.25) is 0 Å². The topological polar surface area (TPSA) is 248 Å². The maximum atomic E-state index is 10.6. The Balaban J connectivity index is 1.71. The minimum atomic E-state index is -1.87. The predicted octanol–water partition coefficient (Wildman–Crippen LogP) is -6.54. The molecule has 0 radical (unpaired) electrons. The van der Waals surface area contributed by atoms with E-state index in [1.165, 1.54) is 0 Å². The van der Waals surface area contributed by atoms with E-state index >= 15 is 0 Å². The van der Waals surface area contributed by atoms with Gasteiger partial charge in [-0.2, -0.15) is 0 Å². The lowest BCUT2D eigenvalue weighted by atomic mass is 9.97. The van der Waals surface area contributed by atoms with Gasteiger partial charge >= 0.3 is 0 Å². The molecular formula is C18H32O15. The van der Waals surface area contributed by atoms with Crippen LogP contribution >= 0.6 is 0 Å². The smallest absolute Gasteiger partial charge is 0.197 e. The third-order valence-corrected chi connectivity index (χ3v) is 6.03. The molecule has 0 aliphatic carbocycles. The summed E-state index contributed by atoms with van der Waals surface area (Å²) in [4.78, 5) is 0. The predicted molar refractivity (Wildman–Crippen MR) is 99.9 cm³/mol. The minimum Gasteiger partial charge on any atom is -0.394 e. The van der Waals surface area contributed by atoms with E-state index in [0.717, 1.165) is 0 Å². The van der Waals surface area contributed by atoms with Crippen LogP contribution in [0.15, 0.2) is 0 Å². The van der Waals surface area contributed by atoms with Crippen molar-refractivity contribution in [2.45, 2.75) is 85.8 Å². The molecule has 0 aromatic carbocycles. The zero-order chi connectivity index (χ0) is 24.5. The first-order valence-electron chi connectivity index (χ1n) is 10.4. The Bertz CT molecular complexity index is 622. The van der Waals surface area contributed by atoms with Gasteiger partial charge in [-0.3, -0.25) is 0 Å². The maximum absolute atomic E-state index is 10.6. The van der Waals surface area contributed by atoms with Crippen LogP contribution in [0.1, 0.15) is 6.42 Å². The van der Waals surface area contributed by atoms with Gasteiger partial charge in [0.25, 0.3) is 0 Å². The van der Waals surface area contributed by atoms with Crippen LogP contribution in [-0.2, 0) is 23.7 Å². The molecule has 3 heterocycles. The van der Waals surface area contributed by atoms with Gasteiger partial charge in [0.2, 0.25) is 0 Å². The van der Waals surface area contributed by atoms with E-state index in [0.29, 0.717) is 0 Å². The highest BCUT2D eigenvalue weighted by Crippen LogP contribution is 2.36. The number of ether oxygens (including phenoxy) is 5. The number of aliphatic hydroxyl groups excluding tert-OH is 10. The van der Waals surface area contributed by atoms with Crippen molar-refractivity contribution in [3.05, 3.63) is 0 Å². The van der Waals surface area contributed by atoms with Gasteiger partial charge in [0.15, 0.2) is 18.4 Å². The van der Waals surface area contributed by atoms with Crippen LogP contribution in [0, 0.1) is 0 Å². The van der Waals surface area contributed by atoms with Gasteiger partial charge in [0, 0.05) is 6.42 Å². The fourth-order valence-electron chi connectivity index (χ4n) is 4.09. The van der Waals surface area contributed by atoms with Crippen LogP contribution in [0.3, 0.4) is 0 Å². The zero-order valence-electron chi connectivity index (χ0n) is 17.5. The standard InChI is InChI=1S/C18H32O15/c19-2-7-6(23)1-18(5-22,32-7)33-17-14(28)12(26)15(9(4-21)30-17)31-16-13(27)11(25)10(24)8(3-20)29-16/h6-17,19-28H,1-5H2/t6?,7-,8?,9?,10+,11?,12?,13?,14?,15+,16+,17+,18+/m0/s1. The first-order valence-corrected chi connectivity index (χ1v) is 10.4. The highest BCUT2D eigenvalue weighted by atomic mass is 16.8. The Morgan fingerprint density at radius 3 is 1.79 bits per heavy atom. The summed E-state index contributed by atoms with van der Waals surface area (Å²) in [6.45, 7) is -2.86. The molecule has 3 aliphatic rings. The molecule has 10 N–H and O–H groups in total. The second kappa shape index (κ2) is 11.0. The van der Waals surface area contributed by atoms with Crippen LogP contribution in [0.25, 0.3) is 0 Å². The van der Waals surface area contributed by atoms with Crippen LogP contribution in [-0.4, -0.2) is 157 Å². The summed E-state index contributed by atoms with van der Waals surface area (Å²) in [6, 6.07) is 0. The van der Waals surface area contributed by atoms with E-state index in [-0.39, 0.29) is 6.42 Å². The van der Waals surface area contributed by atoms with Crippen molar-refractivity contribution < 1.29 is 74.7 Å². The third-order valence-electron chi connectivity index (χ3n) is 6.03. The molecule has 3 fully saturated rings. The molecule has 0 spiro atoms. The van der Waals surface area contributed by atoms with Crippen LogP contribution < -0.4 is 0 Å². The van der Waals surface area contributed by atoms with Gasteiger partial charge in [-0.05, 0) is 0 Å². The molecule has 3 saturated heterocycles. The fourth-order valence-corrected chi connectivity index (χ4v) is 4.09. The van der Waals surface area contributed by atoms with E-state index in [4.69, 9.17) is 23.7 Å². The molecule has 3 aliphatic heterocycles. The summed E-state index contributed by atoms with van der Waals surface area (Å²) >= 11 is 0. The molecule has 0 aromatic rings. The van der Waals surface area contributed by atoms with Gasteiger partial charge < -0.3 is 74.7 Å². The maximum Gasteiger partial charge on any atom is 0.197 e. The zero-order valence-corrected chi connectivity index (χ0v) is 17.5. The van der Waals surface area contributed by atoms with Gasteiger partial charge in [-0.15, -0.1) is 0 Å². The fraction of sp³-hybridized carbons (Fsp3) is 1.00. The van der Waals surface area contributed by atoms with Gasteiger partial charge in [0.1, 0.15) is 54.9 Å². The van der Waals surface area contributed by atoms with Crippen molar-refractivity contribution >= 4 is 0 Å². The molecule has 7 unspecified atom stereocenters. The second-order valence-electron chi connectivity index (χ2n) is 8.30. The van der Waals surface area contributed by atoms with Crippen molar-refractivity contribution in [2.75, 3.05) is 26.4 Å². The Kier molecular flexibility index (Phi) is 8.99. The van der Waals surface area contributed by atoms with E-state index < -0.39 is 106 Å². The monoisotopic (exact) mass is 488 g/mol. The Morgan fingerprint density at radius 1 is 0.667 bits per heavy atom. The van der Waals surface area contributed by atoms with E-state index in [1.54, 1.807) is 0 Å². The molecule has 33 heavy (non-hydrogen) atoms. The molecule has 15 heteroatoms. The van der Waals surface area contributed by atoms with Gasteiger partial charge in [-0.25, -0.2) is 0 Å². The normalized spacial score (nSPS) is 51.1. The van der Waals surface area contributed by atoms with Crippen molar-refractivity contribution in [3.63, 3.8) is 0 Å². The first-order chi connectivity index (χ1) is 15.6.